The monoisotopic (exact) mass is 208 g/mol. The van der Waals surface area contributed by atoms with Crippen LogP contribution in [0.15, 0.2) is 0 Å². The van der Waals surface area contributed by atoms with Gasteiger partial charge in [0.05, 0.1) is 6.07 Å². The maximum atomic E-state index is 12.2. The molecule has 1 heterocycles. The molecule has 1 fully saturated rings. The van der Waals surface area contributed by atoms with Gasteiger partial charge in [-0.3, -0.25) is 4.79 Å². The number of nitriles is 1. The van der Waals surface area contributed by atoms with E-state index in [0.717, 1.165) is 25.9 Å². The molecule has 84 valence electrons. The maximum absolute atomic E-state index is 12.2. The summed E-state index contributed by atoms with van der Waals surface area (Å²) in [6.45, 7) is 5.52. The molecule has 0 spiro atoms. The molecule has 0 unspecified atom stereocenters. The topological polar surface area (TPSA) is 44.1 Å². The predicted octanol–water partition coefficient (Wildman–Crippen LogP) is 2.33. The summed E-state index contributed by atoms with van der Waals surface area (Å²) in [7, 11) is 0. The van der Waals surface area contributed by atoms with Crippen LogP contribution in [-0.2, 0) is 4.79 Å². The molecule has 0 N–H and O–H groups in total. The molecule has 1 rings (SSSR count). The summed E-state index contributed by atoms with van der Waals surface area (Å²) < 4.78 is 0. The van der Waals surface area contributed by atoms with Crippen molar-refractivity contribution in [2.45, 2.75) is 46.0 Å². The Morgan fingerprint density at radius 3 is 2.20 bits per heavy atom. The molecule has 0 radical (unpaired) electrons. The van der Waals surface area contributed by atoms with Gasteiger partial charge in [0, 0.05) is 13.1 Å². The first kappa shape index (κ1) is 12.0. The van der Waals surface area contributed by atoms with E-state index < -0.39 is 5.41 Å². The molecule has 1 saturated heterocycles. The van der Waals surface area contributed by atoms with Crippen LogP contribution in [0.4, 0.5) is 0 Å². The molecule has 0 saturated carbocycles. The van der Waals surface area contributed by atoms with Gasteiger partial charge in [0.2, 0.25) is 5.91 Å². The van der Waals surface area contributed by atoms with E-state index in [1.807, 2.05) is 18.7 Å². The van der Waals surface area contributed by atoms with Gasteiger partial charge in [-0.1, -0.05) is 13.8 Å². The van der Waals surface area contributed by atoms with Gasteiger partial charge in [0.15, 0.2) is 0 Å². The molecule has 0 atom stereocenters. The minimum absolute atomic E-state index is 0.0506. The van der Waals surface area contributed by atoms with Crippen molar-refractivity contribution in [1.29, 1.82) is 5.26 Å². The van der Waals surface area contributed by atoms with Crippen molar-refractivity contribution in [3.8, 4) is 6.07 Å². The lowest BCUT2D eigenvalue weighted by molar-refractivity contribution is -0.140. The van der Waals surface area contributed by atoms with Crippen molar-refractivity contribution in [3.05, 3.63) is 0 Å². The van der Waals surface area contributed by atoms with Crippen molar-refractivity contribution in [1.82, 2.24) is 4.90 Å². The molecule has 0 aromatic carbocycles. The van der Waals surface area contributed by atoms with E-state index >= 15 is 0 Å². The fourth-order valence-electron chi connectivity index (χ4n) is 2.16. The molecule has 1 aliphatic heterocycles. The third-order valence-electron chi connectivity index (χ3n) is 3.47. The summed E-state index contributed by atoms with van der Waals surface area (Å²) in [4.78, 5) is 14.1. The van der Waals surface area contributed by atoms with Crippen LogP contribution in [0.25, 0.3) is 0 Å². The second-order valence-corrected chi connectivity index (χ2v) is 4.25. The molecule has 0 bridgehead atoms. The Morgan fingerprint density at radius 1 is 1.27 bits per heavy atom. The summed E-state index contributed by atoms with van der Waals surface area (Å²) in [5, 5.41) is 9.18. The van der Waals surface area contributed by atoms with Gasteiger partial charge in [-0.05, 0) is 32.1 Å². The van der Waals surface area contributed by atoms with Crippen molar-refractivity contribution in [2.24, 2.45) is 5.41 Å². The summed E-state index contributed by atoms with van der Waals surface area (Å²) >= 11 is 0. The predicted molar refractivity (Wildman–Crippen MR) is 59.1 cm³/mol. The van der Waals surface area contributed by atoms with Crippen LogP contribution in [0.5, 0.6) is 0 Å². The Hall–Kier alpha value is -1.04. The summed E-state index contributed by atoms with van der Waals surface area (Å²) in [5.41, 5.74) is -0.767. The third-order valence-corrected chi connectivity index (χ3v) is 3.47. The fraction of sp³-hybridized carbons (Fsp3) is 0.833. The molecule has 0 aromatic heterocycles. The van der Waals surface area contributed by atoms with Gasteiger partial charge in [-0.2, -0.15) is 5.26 Å². The number of nitrogens with zero attached hydrogens (tertiary/aromatic N) is 2. The second-order valence-electron chi connectivity index (χ2n) is 4.25. The minimum atomic E-state index is -0.767. The quantitative estimate of drug-likeness (QED) is 0.714. The highest BCUT2D eigenvalue weighted by atomic mass is 16.2. The average molecular weight is 208 g/mol. The zero-order chi connectivity index (χ0) is 11.3. The zero-order valence-electron chi connectivity index (χ0n) is 9.75. The van der Waals surface area contributed by atoms with Gasteiger partial charge in [-0.15, -0.1) is 0 Å². The van der Waals surface area contributed by atoms with Crippen molar-refractivity contribution >= 4 is 5.91 Å². The van der Waals surface area contributed by atoms with E-state index in [0.29, 0.717) is 12.8 Å². The first-order valence-corrected chi connectivity index (χ1v) is 5.91. The number of likely N-dealkylation sites (tertiary alicyclic amines) is 1. The van der Waals surface area contributed by atoms with Crippen LogP contribution in [0.1, 0.15) is 46.0 Å². The fourth-order valence-corrected chi connectivity index (χ4v) is 2.16. The lowest BCUT2D eigenvalue weighted by Gasteiger charge is -2.33. The second kappa shape index (κ2) is 5.16. The molecule has 3 heteroatoms. The SMILES string of the molecule is CCC(C#N)(CC)C(=O)N1CCCCC1. The van der Waals surface area contributed by atoms with E-state index in [4.69, 9.17) is 0 Å². The highest BCUT2D eigenvalue weighted by Gasteiger charge is 2.38. The number of hydrogen-bond acceptors (Lipinski definition) is 2. The van der Waals surface area contributed by atoms with E-state index in [2.05, 4.69) is 6.07 Å². The molecular formula is C12H20N2O. The molecule has 3 nitrogen and oxygen atoms in total. The molecular weight excluding hydrogens is 188 g/mol. The normalized spacial score (nSPS) is 17.3. The number of hydrogen-bond donors (Lipinski definition) is 0. The van der Waals surface area contributed by atoms with Crippen LogP contribution in [0.2, 0.25) is 0 Å². The van der Waals surface area contributed by atoms with E-state index in [1.54, 1.807) is 0 Å². The smallest absolute Gasteiger partial charge is 0.243 e. The summed E-state index contributed by atoms with van der Waals surface area (Å²) in [6.07, 6.45) is 4.62. The summed E-state index contributed by atoms with van der Waals surface area (Å²) in [5.74, 6) is 0.0506. The Kier molecular flexibility index (Phi) is 4.14. The van der Waals surface area contributed by atoms with E-state index in [9.17, 15) is 10.1 Å². The highest BCUT2D eigenvalue weighted by Crippen LogP contribution is 2.29. The Balaban J connectivity index is 2.76. The molecule has 0 aliphatic carbocycles. The third kappa shape index (κ3) is 2.31. The van der Waals surface area contributed by atoms with Crippen LogP contribution in [0, 0.1) is 16.7 Å². The van der Waals surface area contributed by atoms with E-state index in [-0.39, 0.29) is 5.91 Å². The number of carbonyl (C=O) groups is 1. The maximum Gasteiger partial charge on any atom is 0.243 e. The van der Waals surface area contributed by atoms with Crippen LogP contribution in [0.3, 0.4) is 0 Å². The lowest BCUT2D eigenvalue weighted by atomic mass is 9.82. The van der Waals surface area contributed by atoms with Crippen molar-refractivity contribution < 1.29 is 4.79 Å². The van der Waals surface area contributed by atoms with Gasteiger partial charge in [0.25, 0.3) is 0 Å². The number of rotatable bonds is 3. The molecule has 1 amide bonds. The first-order valence-electron chi connectivity index (χ1n) is 5.91. The van der Waals surface area contributed by atoms with Gasteiger partial charge >= 0.3 is 0 Å². The van der Waals surface area contributed by atoms with Crippen molar-refractivity contribution in [2.75, 3.05) is 13.1 Å². The molecule has 15 heavy (non-hydrogen) atoms. The summed E-state index contributed by atoms with van der Waals surface area (Å²) in [6, 6.07) is 2.22. The van der Waals surface area contributed by atoms with Crippen molar-refractivity contribution in [3.63, 3.8) is 0 Å². The lowest BCUT2D eigenvalue weighted by Crippen LogP contribution is -2.45. The van der Waals surface area contributed by atoms with Gasteiger partial charge < -0.3 is 4.90 Å². The minimum Gasteiger partial charge on any atom is -0.341 e. The zero-order valence-corrected chi connectivity index (χ0v) is 9.75. The number of carbonyl (C=O) groups excluding carboxylic acids is 1. The van der Waals surface area contributed by atoms with E-state index in [1.165, 1.54) is 6.42 Å². The van der Waals surface area contributed by atoms with Gasteiger partial charge in [-0.25, -0.2) is 0 Å². The standard InChI is InChI=1S/C12H20N2O/c1-3-12(4-2,10-13)11(15)14-8-6-5-7-9-14/h3-9H2,1-2H3. The van der Waals surface area contributed by atoms with Gasteiger partial charge in [0.1, 0.15) is 5.41 Å². The van der Waals surface area contributed by atoms with Crippen LogP contribution >= 0.6 is 0 Å². The average Bonchev–Trinajstić information content (AvgIpc) is 2.33. The Labute approximate surface area is 92.1 Å². The Bertz CT molecular complexity index is 257. The van der Waals surface area contributed by atoms with Crippen LogP contribution < -0.4 is 0 Å². The first-order chi connectivity index (χ1) is 7.20. The largest absolute Gasteiger partial charge is 0.341 e. The number of piperidine rings is 1. The Morgan fingerprint density at radius 2 is 1.80 bits per heavy atom. The highest BCUT2D eigenvalue weighted by molar-refractivity contribution is 5.85. The molecule has 1 aliphatic rings. The van der Waals surface area contributed by atoms with Crippen LogP contribution in [-0.4, -0.2) is 23.9 Å². The molecule has 0 aromatic rings. The number of amides is 1.